The number of nitrogens with zero attached hydrogens (tertiary/aromatic N) is 1. The lowest BCUT2D eigenvalue weighted by atomic mass is 10.1. The van der Waals surface area contributed by atoms with Gasteiger partial charge in [-0.1, -0.05) is 17.7 Å². The average molecular weight is 239 g/mol. The molecule has 0 amide bonds. The number of benzene rings is 2. The van der Waals surface area contributed by atoms with Crippen molar-refractivity contribution >= 4 is 5.71 Å². The highest BCUT2D eigenvalue weighted by molar-refractivity contribution is 5.98. The SMILES string of the molecule is CN=C(C)c1ccc(Oc2ccc(C)cc2)cc1. The molecule has 0 N–H and O–H groups in total. The molecule has 0 saturated heterocycles. The minimum atomic E-state index is 0.839. The first-order chi connectivity index (χ1) is 8.69. The van der Waals surface area contributed by atoms with E-state index in [0.717, 1.165) is 22.8 Å². The summed E-state index contributed by atoms with van der Waals surface area (Å²) in [5.41, 5.74) is 3.37. The molecule has 0 atom stereocenters. The molecule has 18 heavy (non-hydrogen) atoms. The number of aryl methyl sites for hydroxylation is 1. The van der Waals surface area contributed by atoms with Gasteiger partial charge in [0, 0.05) is 12.8 Å². The number of hydrogen-bond donors (Lipinski definition) is 0. The van der Waals surface area contributed by atoms with E-state index < -0.39 is 0 Å². The Morgan fingerprint density at radius 2 is 1.39 bits per heavy atom. The summed E-state index contributed by atoms with van der Waals surface area (Å²) in [5.74, 6) is 1.70. The number of rotatable bonds is 3. The maximum Gasteiger partial charge on any atom is 0.127 e. The van der Waals surface area contributed by atoms with Crippen molar-refractivity contribution in [2.75, 3.05) is 7.05 Å². The van der Waals surface area contributed by atoms with Gasteiger partial charge in [-0.2, -0.15) is 0 Å². The van der Waals surface area contributed by atoms with Crippen LogP contribution in [0.15, 0.2) is 53.5 Å². The third kappa shape index (κ3) is 2.98. The highest BCUT2D eigenvalue weighted by Gasteiger charge is 1.99. The Morgan fingerprint density at radius 1 is 0.889 bits per heavy atom. The fourth-order valence-corrected chi connectivity index (χ4v) is 1.64. The molecule has 2 heteroatoms. The van der Waals surface area contributed by atoms with Crippen LogP contribution in [-0.4, -0.2) is 12.8 Å². The van der Waals surface area contributed by atoms with Crippen LogP contribution in [0.1, 0.15) is 18.1 Å². The Labute approximate surface area is 108 Å². The molecule has 0 saturated carbocycles. The zero-order valence-corrected chi connectivity index (χ0v) is 11.0. The van der Waals surface area contributed by atoms with E-state index in [9.17, 15) is 0 Å². The van der Waals surface area contributed by atoms with Crippen LogP contribution in [0.5, 0.6) is 11.5 Å². The summed E-state index contributed by atoms with van der Waals surface area (Å²) in [6.45, 7) is 4.06. The zero-order valence-electron chi connectivity index (χ0n) is 11.0. The molecule has 0 fully saturated rings. The summed E-state index contributed by atoms with van der Waals surface area (Å²) in [7, 11) is 1.80. The molecule has 92 valence electrons. The summed E-state index contributed by atoms with van der Waals surface area (Å²) in [6, 6.07) is 16.0. The minimum Gasteiger partial charge on any atom is -0.457 e. The fourth-order valence-electron chi connectivity index (χ4n) is 1.64. The van der Waals surface area contributed by atoms with Crippen molar-refractivity contribution in [3.63, 3.8) is 0 Å². The van der Waals surface area contributed by atoms with Crippen molar-refractivity contribution < 1.29 is 4.74 Å². The first-order valence-corrected chi connectivity index (χ1v) is 5.97. The monoisotopic (exact) mass is 239 g/mol. The Morgan fingerprint density at radius 3 is 1.89 bits per heavy atom. The summed E-state index contributed by atoms with van der Waals surface area (Å²) >= 11 is 0. The van der Waals surface area contributed by atoms with E-state index in [1.54, 1.807) is 7.05 Å². The fraction of sp³-hybridized carbons (Fsp3) is 0.188. The third-order valence-electron chi connectivity index (χ3n) is 2.86. The van der Waals surface area contributed by atoms with Gasteiger partial charge in [0.1, 0.15) is 11.5 Å². The summed E-state index contributed by atoms with van der Waals surface area (Å²) < 4.78 is 5.76. The van der Waals surface area contributed by atoms with E-state index >= 15 is 0 Å². The van der Waals surface area contributed by atoms with Crippen molar-refractivity contribution in [1.29, 1.82) is 0 Å². The van der Waals surface area contributed by atoms with E-state index in [1.165, 1.54) is 5.56 Å². The van der Waals surface area contributed by atoms with Crippen LogP contribution in [0.4, 0.5) is 0 Å². The molecule has 2 aromatic carbocycles. The smallest absolute Gasteiger partial charge is 0.127 e. The predicted molar refractivity (Wildman–Crippen MR) is 75.8 cm³/mol. The van der Waals surface area contributed by atoms with Gasteiger partial charge in [0.05, 0.1) is 0 Å². The number of hydrogen-bond acceptors (Lipinski definition) is 2. The molecule has 0 heterocycles. The lowest BCUT2D eigenvalue weighted by molar-refractivity contribution is 0.482. The van der Waals surface area contributed by atoms with Crippen LogP contribution in [0.25, 0.3) is 0 Å². The van der Waals surface area contributed by atoms with Gasteiger partial charge in [0.15, 0.2) is 0 Å². The molecule has 0 unspecified atom stereocenters. The second-order valence-electron chi connectivity index (χ2n) is 4.25. The molecule has 0 bridgehead atoms. The maximum atomic E-state index is 5.76. The first-order valence-electron chi connectivity index (χ1n) is 5.97. The molecule has 0 radical (unpaired) electrons. The van der Waals surface area contributed by atoms with Crippen molar-refractivity contribution in [2.24, 2.45) is 4.99 Å². The molecular formula is C16H17NO. The van der Waals surface area contributed by atoms with Crippen molar-refractivity contribution in [3.8, 4) is 11.5 Å². The molecule has 0 aromatic heterocycles. The normalized spacial score (nSPS) is 11.4. The standard InChI is InChI=1S/C16H17NO/c1-12-4-8-15(9-5-12)18-16-10-6-14(7-11-16)13(2)17-3/h4-11H,1-3H3. The number of aliphatic imine (C=N–C) groups is 1. The van der Waals surface area contributed by atoms with E-state index in [0.29, 0.717) is 0 Å². The summed E-state index contributed by atoms with van der Waals surface area (Å²) in [4.78, 5) is 4.16. The maximum absolute atomic E-state index is 5.76. The van der Waals surface area contributed by atoms with Gasteiger partial charge in [0.25, 0.3) is 0 Å². The first kappa shape index (κ1) is 12.4. The third-order valence-corrected chi connectivity index (χ3v) is 2.86. The van der Waals surface area contributed by atoms with E-state index in [4.69, 9.17) is 4.74 Å². The Hall–Kier alpha value is -2.09. The van der Waals surface area contributed by atoms with Gasteiger partial charge >= 0.3 is 0 Å². The summed E-state index contributed by atoms with van der Waals surface area (Å²) in [6.07, 6.45) is 0. The molecule has 0 aliphatic carbocycles. The van der Waals surface area contributed by atoms with Crippen molar-refractivity contribution in [1.82, 2.24) is 0 Å². The lowest BCUT2D eigenvalue weighted by Crippen LogP contribution is -1.93. The molecular weight excluding hydrogens is 222 g/mol. The molecule has 0 aliphatic rings. The van der Waals surface area contributed by atoms with Gasteiger partial charge in [-0.3, -0.25) is 4.99 Å². The second kappa shape index (κ2) is 5.50. The highest BCUT2D eigenvalue weighted by Crippen LogP contribution is 2.22. The number of ether oxygens (including phenoxy) is 1. The van der Waals surface area contributed by atoms with Crippen LogP contribution in [0.2, 0.25) is 0 Å². The minimum absolute atomic E-state index is 0.839. The molecule has 0 spiro atoms. The van der Waals surface area contributed by atoms with Gasteiger partial charge in [-0.15, -0.1) is 0 Å². The van der Waals surface area contributed by atoms with Gasteiger partial charge in [-0.05, 0) is 55.8 Å². The van der Waals surface area contributed by atoms with E-state index in [-0.39, 0.29) is 0 Å². The largest absolute Gasteiger partial charge is 0.457 e. The lowest BCUT2D eigenvalue weighted by Gasteiger charge is -2.07. The Balaban J connectivity index is 2.13. The van der Waals surface area contributed by atoms with Crippen LogP contribution < -0.4 is 4.74 Å². The van der Waals surface area contributed by atoms with Crippen LogP contribution in [0, 0.1) is 6.92 Å². The molecule has 2 rings (SSSR count). The average Bonchev–Trinajstić information content (AvgIpc) is 2.41. The summed E-state index contributed by atoms with van der Waals surface area (Å²) in [5, 5.41) is 0. The van der Waals surface area contributed by atoms with Crippen LogP contribution in [-0.2, 0) is 0 Å². The van der Waals surface area contributed by atoms with Crippen LogP contribution in [0.3, 0.4) is 0 Å². The van der Waals surface area contributed by atoms with Gasteiger partial charge in [0.2, 0.25) is 0 Å². The quantitative estimate of drug-likeness (QED) is 0.735. The molecule has 2 nitrogen and oxygen atoms in total. The zero-order chi connectivity index (χ0) is 13.0. The molecule has 0 aliphatic heterocycles. The second-order valence-corrected chi connectivity index (χ2v) is 4.25. The van der Waals surface area contributed by atoms with Gasteiger partial charge in [-0.25, -0.2) is 0 Å². The Kier molecular flexibility index (Phi) is 3.78. The van der Waals surface area contributed by atoms with Crippen molar-refractivity contribution in [3.05, 3.63) is 59.7 Å². The van der Waals surface area contributed by atoms with E-state index in [1.807, 2.05) is 55.5 Å². The Bertz CT molecular complexity index is 538. The molecule has 2 aromatic rings. The van der Waals surface area contributed by atoms with Crippen molar-refractivity contribution in [2.45, 2.75) is 13.8 Å². The predicted octanol–water partition coefficient (Wildman–Crippen LogP) is 4.23. The van der Waals surface area contributed by atoms with Gasteiger partial charge < -0.3 is 4.74 Å². The van der Waals surface area contributed by atoms with E-state index in [2.05, 4.69) is 11.9 Å². The topological polar surface area (TPSA) is 21.6 Å². The van der Waals surface area contributed by atoms with Crippen LogP contribution >= 0.6 is 0 Å². The highest BCUT2D eigenvalue weighted by atomic mass is 16.5.